The zero-order valence-electron chi connectivity index (χ0n) is 10.4. The van der Waals surface area contributed by atoms with Crippen LogP contribution in [0.2, 0.25) is 0 Å². The van der Waals surface area contributed by atoms with Crippen molar-refractivity contribution in [1.29, 1.82) is 0 Å². The van der Waals surface area contributed by atoms with Gasteiger partial charge < -0.3 is 15.2 Å². The van der Waals surface area contributed by atoms with E-state index in [0.29, 0.717) is 19.8 Å². The van der Waals surface area contributed by atoms with Gasteiger partial charge in [-0.1, -0.05) is 6.08 Å². The average Bonchev–Trinajstić information content (AvgIpc) is 2.33. The van der Waals surface area contributed by atoms with Crippen molar-refractivity contribution in [2.75, 3.05) is 19.8 Å². The van der Waals surface area contributed by atoms with Gasteiger partial charge in [0.25, 0.3) is 0 Å². The molecule has 2 N–H and O–H groups in total. The molecule has 0 saturated heterocycles. The second-order valence-electron chi connectivity index (χ2n) is 3.69. The SMILES string of the molecule is C=CCc1cc(OCC)ccc1OCCCN. The Labute approximate surface area is 103 Å². The first-order valence-corrected chi connectivity index (χ1v) is 6.01. The Bertz CT molecular complexity index is 350. The summed E-state index contributed by atoms with van der Waals surface area (Å²) in [5.41, 5.74) is 6.54. The molecule has 0 radical (unpaired) electrons. The Kier molecular flexibility index (Phi) is 6.18. The van der Waals surface area contributed by atoms with E-state index in [9.17, 15) is 0 Å². The first kappa shape index (κ1) is 13.6. The maximum atomic E-state index is 5.68. The van der Waals surface area contributed by atoms with Gasteiger partial charge in [-0.3, -0.25) is 0 Å². The lowest BCUT2D eigenvalue weighted by Gasteiger charge is -2.12. The van der Waals surface area contributed by atoms with E-state index in [1.165, 1.54) is 0 Å². The molecule has 3 nitrogen and oxygen atoms in total. The van der Waals surface area contributed by atoms with Crippen molar-refractivity contribution >= 4 is 0 Å². The van der Waals surface area contributed by atoms with Crippen LogP contribution in [-0.4, -0.2) is 19.8 Å². The lowest BCUT2D eigenvalue weighted by atomic mass is 10.1. The van der Waals surface area contributed by atoms with Gasteiger partial charge in [-0.25, -0.2) is 0 Å². The number of benzene rings is 1. The van der Waals surface area contributed by atoms with Crippen molar-refractivity contribution in [3.8, 4) is 11.5 Å². The molecule has 17 heavy (non-hydrogen) atoms. The summed E-state index contributed by atoms with van der Waals surface area (Å²) >= 11 is 0. The van der Waals surface area contributed by atoms with E-state index >= 15 is 0 Å². The van der Waals surface area contributed by atoms with Gasteiger partial charge in [0, 0.05) is 5.56 Å². The Morgan fingerprint density at radius 2 is 2.18 bits per heavy atom. The summed E-state index contributed by atoms with van der Waals surface area (Å²) in [4.78, 5) is 0. The largest absolute Gasteiger partial charge is 0.494 e. The average molecular weight is 235 g/mol. The minimum Gasteiger partial charge on any atom is -0.494 e. The zero-order chi connectivity index (χ0) is 12.5. The van der Waals surface area contributed by atoms with Gasteiger partial charge in [0.15, 0.2) is 0 Å². The topological polar surface area (TPSA) is 44.5 Å². The van der Waals surface area contributed by atoms with Gasteiger partial charge in [-0.2, -0.15) is 0 Å². The monoisotopic (exact) mass is 235 g/mol. The number of hydrogen-bond acceptors (Lipinski definition) is 3. The Morgan fingerprint density at radius 1 is 1.35 bits per heavy atom. The Morgan fingerprint density at radius 3 is 2.82 bits per heavy atom. The predicted molar refractivity (Wildman–Crippen MR) is 70.7 cm³/mol. The molecule has 0 aliphatic rings. The van der Waals surface area contributed by atoms with Gasteiger partial charge in [0.05, 0.1) is 13.2 Å². The number of hydrogen-bond donors (Lipinski definition) is 1. The third-order valence-electron chi connectivity index (χ3n) is 2.31. The zero-order valence-corrected chi connectivity index (χ0v) is 10.4. The molecular formula is C14H21NO2. The highest BCUT2D eigenvalue weighted by atomic mass is 16.5. The molecule has 1 rings (SSSR count). The summed E-state index contributed by atoms with van der Waals surface area (Å²) in [6.07, 6.45) is 3.50. The molecule has 1 aromatic carbocycles. The van der Waals surface area contributed by atoms with Crippen molar-refractivity contribution in [3.63, 3.8) is 0 Å². The summed E-state index contributed by atoms with van der Waals surface area (Å²) in [5.74, 6) is 1.76. The van der Waals surface area contributed by atoms with E-state index in [-0.39, 0.29) is 0 Å². The van der Waals surface area contributed by atoms with E-state index in [2.05, 4.69) is 6.58 Å². The lowest BCUT2D eigenvalue weighted by molar-refractivity contribution is 0.308. The molecule has 94 valence electrons. The molecule has 0 spiro atoms. The summed E-state index contributed by atoms with van der Waals surface area (Å²) in [5, 5.41) is 0. The first-order chi connectivity index (χ1) is 8.31. The Hall–Kier alpha value is -1.48. The van der Waals surface area contributed by atoms with Gasteiger partial charge >= 0.3 is 0 Å². The molecule has 0 aliphatic heterocycles. The van der Waals surface area contributed by atoms with Gasteiger partial charge in [0.2, 0.25) is 0 Å². The molecule has 0 aliphatic carbocycles. The van der Waals surface area contributed by atoms with Crippen LogP contribution < -0.4 is 15.2 Å². The molecule has 0 bridgehead atoms. The number of ether oxygens (including phenoxy) is 2. The summed E-state index contributed by atoms with van der Waals surface area (Å²) in [7, 11) is 0. The summed E-state index contributed by atoms with van der Waals surface area (Å²) in [6, 6.07) is 5.87. The molecule has 0 atom stereocenters. The normalized spacial score (nSPS) is 10.0. The molecule has 0 amide bonds. The molecule has 0 fully saturated rings. The van der Waals surface area contributed by atoms with E-state index in [1.807, 2.05) is 31.2 Å². The third kappa shape index (κ3) is 4.49. The summed E-state index contributed by atoms with van der Waals surface area (Å²) < 4.78 is 11.1. The van der Waals surface area contributed by atoms with Crippen LogP contribution >= 0.6 is 0 Å². The Balaban J connectivity index is 2.76. The van der Waals surface area contributed by atoms with Gasteiger partial charge in [0.1, 0.15) is 11.5 Å². The molecule has 0 heterocycles. The van der Waals surface area contributed by atoms with Crippen LogP contribution in [0.1, 0.15) is 18.9 Å². The van der Waals surface area contributed by atoms with E-state index < -0.39 is 0 Å². The fraction of sp³-hybridized carbons (Fsp3) is 0.429. The highest BCUT2D eigenvalue weighted by Gasteiger charge is 2.04. The van der Waals surface area contributed by atoms with Crippen molar-refractivity contribution in [2.45, 2.75) is 19.8 Å². The quantitative estimate of drug-likeness (QED) is 0.556. The van der Waals surface area contributed by atoms with Crippen LogP contribution in [0.4, 0.5) is 0 Å². The van der Waals surface area contributed by atoms with Crippen molar-refractivity contribution in [2.24, 2.45) is 5.73 Å². The van der Waals surface area contributed by atoms with E-state index in [1.54, 1.807) is 0 Å². The number of nitrogens with two attached hydrogens (primary N) is 1. The number of rotatable bonds is 8. The second-order valence-corrected chi connectivity index (χ2v) is 3.69. The van der Waals surface area contributed by atoms with Crippen LogP contribution in [0.5, 0.6) is 11.5 Å². The van der Waals surface area contributed by atoms with Crippen LogP contribution in [0.15, 0.2) is 30.9 Å². The minimum atomic E-state index is 0.647. The summed E-state index contributed by atoms with van der Waals surface area (Å²) in [6.45, 7) is 7.69. The van der Waals surface area contributed by atoms with Crippen molar-refractivity contribution in [1.82, 2.24) is 0 Å². The van der Waals surface area contributed by atoms with Crippen molar-refractivity contribution in [3.05, 3.63) is 36.4 Å². The molecule has 0 unspecified atom stereocenters. The van der Waals surface area contributed by atoms with E-state index in [4.69, 9.17) is 15.2 Å². The smallest absolute Gasteiger partial charge is 0.123 e. The standard InChI is InChI=1S/C14H21NO2/c1-3-6-12-11-13(16-4-2)7-8-14(12)17-10-5-9-15/h3,7-8,11H,1,4-6,9-10,15H2,2H3. The van der Waals surface area contributed by atoms with Crippen LogP contribution in [0, 0.1) is 0 Å². The van der Waals surface area contributed by atoms with Crippen LogP contribution in [0.25, 0.3) is 0 Å². The van der Waals surface area contributed by atoms with Crippen LogP contribution in [-0.2, 0) is 6.42 Å². The van der Waals surface area contributed by atoms with E-state index in [0.717, 1.165) is 29.9 Å². The van der Waals surface area contributed by atoms with Crippen molar-refractivity contribution < 1.29 is 9.47 Å². The lowest BCUT2D eigenvalue weighted by Crippen LogP contribution is -2.07. The predicted octanol–water partition coefficient (Wildman–Crippen LogP) is 2.54. The maximum Gasteiger partial charge on any atom is 0.123 e. The minimum absolute atomic E-state index is 0.647. The molecular weight excluding hydrogens is 214 g/mol. The molecule has 0 saturated carbocycles. The third-order valence-corrected chi connectivity index (χ3v) is 2.31. The van der Waals surface area contributed by atoms with Gasteiger partial charge in [-0.05, 0) is 44.5 Å². The highest BCUT2D eigenvalue weighted by molar-refractivity contribution is 5.41. The first-order valence-electron chi connectivity index (χ1n) is 6.01. The fourth-order valence-corrected chi connectivity index (χ4v) is 1.53. The fourth-order valence-electron chi connectivity index (χ4n) is 1.53. The van der Waals surface area contributed by atoms with Crippen LogP contribution in [0.3, 0.4) is 0 Å². The molecule has 0 aromatic heterocycles. The number of allylic oxidation sites excluding steroid dienone is 1. The maximum absolute atomic E-state index is 5.68. The van der Waals surface area contributed by atoms with Gasteiger partial charge in [-0.15, -0.1) is 6.58 Å². The second kappa shape index (κ2) is 7.74. The highest BCUT2D eigenvalue weighted by Crippen LogP contribution is 2.25. The molecule has 1 aromatic rings. The molecule has 3 heteroatoms.